The molecule has 0 rings (SSSR count). The quantitative estimate of drug-likeness (QED) is 0.146. The summed E-state index contributed by atoms with van der Waals surface area (Å²) >= 11 is 0. The van der Waals surface area contributed by atoms with Crippen LogP contribution in [0.4, 0.5) is 0 Å². The van der Waals surface area contributed by atoms with Crippen LogP contribution in [0.1, 0.15) is 123 Å². The van der Waals surface area contributed by atoms with Crippen molar-refractivity contribution in [3.63, 3.8) is 0 Å². The molecule has 2 nitrogen and oxygen atoms in total. The Morgan fingerprint density at radius 2 is 0.692 bits per heavy atom. The zero-order chi connectivity index (χ0) is 19.3. The molecule has 0 bridgehead atoms. The summed E-state index contributed by atoms with van der Waals surface area (Å²) in [4.78, 5) is 0. The highest BCUT2D eigenvalue weighted by atomic mass is 28.4. The molecule has 0 aliphatic rings. The topological polar surface area (TPSA) is 18.5 Å². The van der Waals surface area contributed by atoms with Crippen molar-refractivity contribution >= 4 is 8.56 Å². The first-order valence-electron chi connectivity index (χ1n) is 11.9. The van der Waals surface area contributed by atoms with Crippen LogP contribution in [0.3, 0.4) is 0 Å². The lowest BCUT2D eigenvalue weighted by Gasteiger charge is -2.22. The normalized spacial score (nSPS) is 12.0. The largest absolute Gasteiger partial charge is 0.395 e. The molecule has 3 heteroatoms. The van der Waals surface area contributed by atoms with E-state index in [9.17, 15) is 0 Å². The van der Waals surface area contributed by atoms with E-state index in [4.69, 9.17) is 8.85 Å². The second-order valence-corrected chi connectivity index (χ2v) is 11.8. The van der Waals surface area contributed by atoms with Crippen LogP contribution in [0, 0.1) is 0 Å². The van der Waals surface area contributed by atoms with Crippen LogP contribution in [-0.2, 0) is 8.85 Å². The zero-order valence-corrected chi connectivity index (χ0v) is 19.8. The first-order chi connectivity index (χ1) is 12.6. The minimum absolute atomic E-state index is 0.887. The lowest BCUT2D eigenvalue weighted by molar-refractivity contribution is 0.173. The van der Waals surface area contributed by atoms with Gasteiger partial charge in [-0.3, -0.25) is 0 Å². The Labute approximate surface area is 167 Å². The number of hydrogen-bond donors (Lipinski definition) is 0. The SMILES string of the molecule is CCCCCCCCCCCCCCCO[Si](C)(C)OCCCCCC. The standard InChI is InChI=1S/C23H50O2Si/c1-5-7-9-11-12-13-14-15-16-17-18-19-21-23-25-26(3,4)24-22-20-10-8-6-2/h5-23H2,1-4H3. The maximum Gasteiger partial charge on any atom is 0.331 e. The van der Waals surface area contributed by atoms with Crippen molar-refractivity contribution in [2.75, 3.05) is 13.2 Å². The van der Waals surface area contributed by atoms with Crippen molar-refractivity contribution < 1.29 is 8.85 Å². The predicted molar refractivity (Wildman–Crippen MR) is 119 cm³/mol. The van der Waals surface area contributed by atoms with E-state index in [0.717, 1.165) is 13.2 Å². The Bertz CT molecular complexity index is 269. The molecule has 0 radical (unpaired) electrons. The molecule has 0 unspecified atom stereocenters. The third kappa shape index (κ3) is 20.4. The summed E-state index contributed by atoms with van der Waals surface area (Å²) in [7, 11) is -1.87. The highest BCUT2D eigenvalue weighted by Crippen LogP contribution is 2.14. The Balaban J connectivity index is 3.24. The molecule has 26 heavy (non-hydrogen) atoms. The summed E-state index contributed by atoms with van der Waals surface area (Å²) in [6.45, 7) is 10.7. The van der Waals surface area contributed by atoms with Gasteiger partial charge in [-0.15, -0.1) is 0 Å². The van der Waals surface area contributed by atoms with Gasteiger partial charge in [0.05, 0.1) is 0 Å². The third-order valence-corrected chi connectivity index (χ3v) is 6.94. The molecule has 0 heterocycles. The molecule has 0 aliphatic heterocycles. The van der Waals surface area contributed by atoms with Crippen LogP contribution in [-0.4, -0.2) is 21.8 Å². The monoisotopic (exact) mass is 386 g/mol. The Morgan fingerprint density at radius 1 is 0.423 bits per heavy atom. The molecular weight excluding hydrogens is 336 g/mol. The van der Waals surface area contributed by atoms with Gasteiger partial charge in [-0.2, -0.15) is 0 Å². The summed E-state index contributed by atoms with van der Waals surface area (Å²) in [6, 6.07) is 0. The third-order valence-electron chi connectivity index (χ3n) is 5.15. The Hall–Kier alpha value is 0.137. The molecule has 0 spiro atoms. The second-order valence-electron chi connectivity index (χ2n) is 8.40. The number of unbranched alkanes of at least 4 members (excludes halogenated alkanes) is 15. The van der Waals surface area contributed by atoms with Gasteiger partial charge in [0.2, 0.25) is 0 Å². The summed E-state index contributed by atoms with van der Waals surface area (Å²) in [5, 5.41) is 0. The zero-order valence-electron chi connectivity index (χ0n) is 18.8. The van der Waals surface area contributed by atoms with Crippen molar-refractivity contribution in [2.45, 2.75) is 136 Å². The smallest absolute Gasteiger partial charge is 0.331 e. The Kier molecular flexibility index (Phi) is 20.0. The number of rotatable bonds is 21. The van der Waals surface area contributed by atoms with Gasteiger partial charge in [0.15, 0.2) is 0 Å². The fraction of sp³-hybridized carbons (Fsp3) is 1.00. The van der Waals surface area contributed by atoms with Gasteiger partial charge in [-0.25, -0.2) is 0 Å². The van der Waals surface area contributed by atoms with Crippen LogP contribution in [0.25, 0.3) is 0 Å². The Morgan fingerprint density at radius 3 is 1.04 bits per heavy atom. The van der Waals surface area contributed by atoms with Gasteiger partial charge in [-0.05, 0) is 25.9 Å². The van der Waals surface area contributed by atoms with Crippen LogP contribution in [0.2, 0.25) is 13.1 Å². The van der Waals surface area contributed by atoms with E-state index in [-0.39, 0.29) is 0 Å². The van der Waals surface area contributed by atoms with Gasteiger partial charge < -0.3 is 8.85 Å². The molecule has 0 amide bonds. The van der Waals surface area contributed by atoms with E-state index >= 15 is 0 Å². The molecule has 0 aliphatic carbocycles. The van der Waals surface area contributed by atoms with Crippen molar-refractivity contribution in [2.24, 2.45) is 0 Å². The molecule has 0 saturated heterocycles. The molecule has 0 N–H and O–H groups in total. The van der Waals surface area contributed by atoms with Crippen LogP contribution < -0.4 is 0 Å². The van der Waals surface area contributed by atoms with E-state index < -0.39 is 8.56 Å². The average Bonchev–Trinajstić information content (AvgIpc) is 2.61. The summed E-state index contributed by atoms with van der Waals surface area (Å²) in [5.41, 5.74) is 0. The van der Waals surface area contributed by atoms with Crippen molar-refractivity contribution in [3.8, 4) is 0 Å². The summed E-state index contributed by atoms with van der Waals surface area (Å²) < 4.78 is 12.1. The van der Waals surface area contributed by atoms with E-state index in [2.05, 4.69) is 26.9 Å². The van der Waals surface area contributed by atoms with E-state index in [1.807, 2.05) is 0 Å². The average molecular weight is 387 g/mol. The summed E-state index contributed by atoms with van der Waals surface area (Å²) in [6.07, 6.45) is 23.3. The maximum absolute atomic E-state index is 6.05. The molecule has 158 valence electrons. The van der Waals surface area contributed by atoms with E-state index in [0.29, 0.717) is 0 Å². The molecule has 0 saturated carbocycles. The minimum atomic E-state index is -1.87. The summed E-state index contributed by atoms with van der Waals surface area (Å²) in [5.74, 6) is 0. The lowest BCUT2D eigenvalue weighted by atomic mass is 10.0. The maximum atomic E-state index is 6.05. The van der Waals surface area contributed by atoms with Crippen molar-refractivity contribution in [1.82, 2.24) is 0 Å². The highest BCUT2D eigenvalue weighted by molar-refractivity contribution is 6.64. The first-order valence-corrected chi connectivity index (χ1v) is 14.7. The first kappa shape index (κ1) is 26.1. The van der Waals surface area contributed by atoms with Crippen LogP contribution in [0.15, 0.2) is 0 Å². The van der Waals surface area contributed by atoms with E-state index in [1.165, 1.54) is 109 Å². The van der Waals surface area contributed by atoms with Crippen LogP contribution in [0.5, 0.6) is 0 Å². The van der Waals surface area contributed by atoms with Gasteiger partial charge in [0.1, 0.15) is 0 Å². The molecule has 0 aromatic carbocycles. The second kappa shape index (κ2) is 19.9. The lowest BCUT2D eigenvalue weighted by Crippen LogP contribution is -2.35. The predicted octanol–water partition coefficient (Wildman–Crippen LogP) is 8.39. The van der Waals surface area contributed by atoms with Gasteiger partial charge in [0.25, 0.3) is 0 Å². The molecule has 0 atom stereocenters. The fourth-order valence-electron chi connectivity index (χ4n) is 3.33. The highest BCUT2D eigenvalue weighted by Gasteiger charge is 2.23. The van der Waals surface area contributed by atoms with Gasteiger partial charge >= 0.3 is 8.56 Å². The van der Waals surface area contributed by atoms with Crippen molar-refractivity contribution in [1.29, 1.82) is 0 Å². The van der Waals surface area contributed by atoms with Crippen molar-refractivity contribution in [3.05, 3.63) is 0 Å². The molecule has 0 fully saturated rings. The van der Waals surface area contributed by atoms with Gasteiger partial charge in [0, 0.05) is 13.2 Å². The molecule has 0 aromatic rings. The van der Waals surface area contributed by atoms with Gasteiger partial charge in [-0.1, -0.05) is 110 Å². The number of hydrogen-bond acceptors (Lipinski definition) is 2. The van der Waals surface area contributed by atoms with Crippen LogP contribution >= 0.6 is 0 Å². The van der Waals surface area contributed by atoms with E-state index in [1.54, 1.807) is 0 Å². The molecular formula is C23H50O2Si. The minimum Gasteiger partial charge on any atom is -0.395 e. The fourth-order valence-corrected chi connectivity index (χ4v) is 4.68. The molecule has 0 aromatic heterocycles.